The molecule has 0 aliphatic rings. The van der Waals surface area contributed by atoms with Gasteiger partial charge in [-0.05, 0) is 18.2 Å². The van der Waals surface area contributed by atoms with Gasteiger partial charge in [0, 0.05) is 25.0 Å². The lowest BCUT2D eigenvalue weighted by molar-refractivity contribution is 0.104. The van der Waals surface area contributed by atoms with Gasteiger partial charge in [-0.15, -0.1) is 11.3 Å². The minimum Gasteiger partial charge on any atom is -0.463 e. The molecule has 0 saturated heterocycles. The molecule has 0 aromatic carbocycles. The number of hydrogen-bond donors (Lipinski definition) is 0. The van der Waals surface area contributed by atoms with E-state index in [1.165, 1.54) is 11.3 Å². The highest BCUT2D eigenvalue weighted by molar-refractivity contribution is 7.12. The molecule has 0 amide bonds. The molecule has 3 aromatic rings. The summed E-state index contributed by atoms with van der Waals surface area (Å²) in [5.74, 6) is 0.597. The second-order valence-electron chi connectivity index (χ2n) is 3.90. The Morgan fingerprint density at radius 3 is 3.00 bits per heavy atom. The van der Waals surface area contributed by atoms with Crippen LogP contribution < -0.4 is 0 Å². The third-order valence-electron chi connectivity index (χ3n) is 2.62. The zero-order valence-corrected chi connectivity index (χ0v) is 10.5. The summed E-state index contributed by atoms with van der Waals surface area (Å²) in [4.78, 5) is 17.2. The van der Waals surface area contributed by atoms with Crippen LogP contribution in [0.5, 0.6) is 0 Å². The van der Waals surface area contributed by atoms with Crippen LogP contribution in [0, 0.1) is 0 Å². The zero-order valence-electron chi connectivity index (χ0n) is 9.66. The molecular formula is C13H10N2O2S. The number of carbonyl (C=O) groups excluding carboxylic acids is 1. The van der Waals surface area contributed by atoms with Crippen molar-refractivity contribution < 1.29 is 9.21 Å². The van der Waals surface area contributed by atoms with E-state index < -0.39 is 0 Å². The number of nitrogens with zero attached hydrogens (tertiary/aromatic N) is 2. The molecule has 0 radical (unpaired) electrons. The van der Waals surface area contributed by atoms with Crippen LogP contribution >= 0.6 is 11.3 Å². The maximum absolute atomic E-state index is 12.4. The average Bonchev–Trinajstić information content (AvgIpc) is 3.08. The Kier molecular flexibility index (Phi) is 2.60. The SMILES string of the molecule is Cn1ccc(C(=O)c2scnc2-c2ccco2)c1. The van der Waals surface area contributed by atoms with E-state index in [4.69, 9.17) is 4.42 Å². The van der Waals surface area contributed by atoms with E-state index in [0.29, 0.717) is 21.9 Å². The fraction of sp³-hybridized carbons (Fsp3) is 0.0769. The molecule has 0 atom stereocenters. The normalized spacial score (nSPS) is 10.7. The fourth-order valence-electron chi connectivity index (χ4n) is 1.76. The Hall–Kier alpha value is -2.14. The van der Waals surface area contributed by atoms with Gasteiger partial charge in [0.2, 0.25) is 5.78 Å². The van der Waals surface area contributed by atoms with Crippen molar-refractivity contribution in [2.45, 2.75) is 0 Å². The van der Waals surface area contributed by atoms with Gasteiger partial charge in [0.15, 0.2) is 5.76 Å². The average molecular weight is 258 g/mol. The van der Waals surface area contributed by atoms with Crippen LogP contribution in [0.1, 0.15) is 15.2 Å². The van der Waals surface area contributed by atoms with Crippen molar-refractivity contribution in [3.63, 3.8) is 0 Å². The number of furan rings is 1. The van der Waals surface area contributed by atoms with E-state index in [9.17, 15) is 4.79 Å². The highest BCUT2D eigenvalue weighted by atomic mass is 32.1. The molecule has 18 heavy (non-hydrogen) atoms. The third-order valence-corrected chi connectivity index (χ3v) is 3.45. The van der Waals surface area contributed by atoms with Crippen LogP contribution in [0.25, 0.3) is 11.5 Å². The molecule has 3 heterocycles. The Labute approximate surface area is 108 Å². The molecule has 3 aromatic heterocycles. The van der Waals surface area contributed by atoms with Crippen molar-refractivity contribution >= 4 is 17.1 Å². The van der Waals surface area contributed by atoms with E-state index in [-0.39, 0.29) is 5.78 Å². The lowest BCUT2D eigenvalue weighted by atomic mass is 10.1. The summed E-state index contributed by atoms with van der Waals surface area (Å²) in [6, 6.07) is 5.39. The van der Waals surface area contributed by atoms with Gasteiger partial charge in [-0.25, -0.2) is 4.98 Å². The minimum atomic E-state index is -0.0236. The van der Waals surface area contributed by atoms with Crippen molar-refractivity contribution in [2.75, 3.05) is 0 Å². The van der Waals surface area contributed by atoms with Gasteiger partial charge in [-0.1, -0.05) is 0 Å². The summed E-state index contributed by atoms with van der Waals surface area (Å²) in [7, 11) is 1.89. The van der Waals surface area contributed by atoms with E-state index in [1.807, 2.05) is 17.8 Å². The van der Waals surface area contributed by atoms with Crippen molar-refractivity contribution in [3.8, 4) is 11.5 Å². The Morgan fingerprint density at radius 1 is 1.44 bits per heavy atom. The second kappa shape index (κ2) is 4.27. The van der Waals surface area contributed by atoms with Crippen molar-refractivity contribution in [2.24, 2.45) is 7.05 Å². The van der Waals surface area contributed by atoms with Crippen LogP contribution in [0.15, 0.2) is 46.8 Å². The third kappa shape index (κ3) is 1.78. The summed E-state index contributed by atoms with van der Waals surface area (Å²) < 4.78 is 7.14. The first kappa shape index (κ1) is 11.0. The molecule has 0 aliphatic carbocycles. The summed E-state index contributed by atoms with van der Waals surface area (Å²) in [5, 5.41) is 0. The van der Waals surface area contributed by atoms with Gasteiger partial charge >= 0.3 is 0 Å². The van der Waals surface area contributed by atoms with Gasteiger partial charge in [0.25, 0.3) is 0 Å². The first-order chi connectivity index (χ1) is 8.75. The maximum Gasteiger partial charge on any atom is 0.206 e. The number of aryl methyl sites for hydroxylation is 1. The van der Waals surface area contributed by atoms with Gasteiger partial charge in [0.05, 0.1) is 11.8 Å². The van der Waals surface area contributed by atoms with E-state index in [1.54, 1.807) is 36.2 Å². The van der Waals surface area contributed by atoms with Gasteiger partial charge < -0.3 is 8.98 Å². The van der Waals surface area contributed by atoms with Crippen molar-refractivity contribution in [1.29, 1.82) is 0 Å². The number of hydrogen-bond acceptors (Lipinski definition) is 4. The van der Waals surface area contributed by atoms with E-state index >= 15 is 0 Å². The topological polar surface area (TPSA) is 48.0 Å². The quantitative estimate of drug-likeness (QED) is 0.678. The molecular weight excluding hydrogens is 248 g/mol. The number of aromatic nitrogens is 2. The van der Waals surface area contributed by atoms with Gasteiger partial charge in [0.1, 0.15) is 10.6 Å². The molecule has 0 fully saturated rings. The lowest BCUT2D eigenvalue weighted by Crippen LogP contribution is -1.99. The molecule has 90 valence electrons. The largest absolute Gasteiger partial charge is 0.463 e. The number of rotatable bonds is 3. The van der Waals surface area contributed by atoms with Crippen LogP contribution in [0.3, 0.4) is 0 Å². The number of thiazole rings is 1. The monoisotopic (exact) mass is 258 g/mol. The van der Waals surface area contributed by atoms with Crippen molar-refractivity contribution in [3.05, 3.63) is 52.8 Å². The number of ketones is 1. The Bertz CT molecular complexity index is 679. The van der Waals surface area contributed by atoms with Crippen LogP contribution in [-0.4, -0.2) is 15.3 Å². The smallest absolute Gasteiger partial charge is 0.206 e. The molecule has 5 heteroatoms. The second-order valence-corrected chi connectivity index (χ2v) is 4.76. The van der Waals surface area contributed by atoms with Gasteiger partial charge in [-0.2, -0.15) is 0 Å². The first-order valence-electron chi connectivity index (χ1n) is 5.40. The molecule has 0 unspecified atom stereocenters. The Balaban J connectivity index is 2.03. The molecule has 0 bridgehead atoms. The van der Waals surface area contributed by atoms with E-state index in [0.717, 1.165) is 0 Å². The summed E-state index contributed by atoms with van der Waals surface area (Å²) in [5.41, 5.74) is 2.93. The molecule has 0 N–H and O–H groups in total. The minimum absolute atomic E-state index is 0.0236. The first-order valence-corrected chi connectivity index (χ1v) is 6.27. The predicted octanol–water partition coefficient (Wildman–Crippen LogP) is 2.97. The highest BCUT2D eigenvalue weighted by Gasteiger charge is 2.19. The molecule has 0 saturated carbocycles. The fourth-order valence-corrected chi connectivity index (χ4v) is 2.52. The molecule has 4 nitrogen and oxygen atoms in total. The molecule has 0 spiro atoms. The number of carbonyl (C=O) groups is 1. The van der Waals surface area contributed by atoms with Crippen LogP contribution in [0.4, 0.5) is 0 Å². The Morgan fingerprint density at radius 2 is 2.33 bits per heavy atom. The summed E-state index contributed by atoms with van der Waals surface area (Å²) >= 11 is 1.33. The molecule has 3 rings (SSSR count). The van der Waals surface area contributed by atoms with E-state index in [2.05, 4.69) is 4.98 Å². The zero-order chi connectivity index (χ0) is 12.5. The van der Waals surface area contributed by atoms with Crippen LogP contribution in [0.2, 0.25) is 0 Å². The van der Waals surface area contributed by atoms with Crippen molar-refractivity contribution in [1.82, 2.24) is 9.55 Å². The predicted molar refractivity (Wildman–Crippen MR) is 68.7 cm³/mol. The summed E-state index contributed by atoms with van der Waals surface area (Å²) in [6.45, 7) is 0. The van der Waals surface area contributed by atoms with Crippen LogP contribution in [-0.2, 0) is 7.05 Å². The van der Waals surface area contributed by atoms with Gasteiger partial charge in [-0.3, -0.25) is 4.79 Å². The standard InChI is InChI=1S/C13H10N2O2S/c1-15-5-4-9(7-15)12(16)13-11(14-8-18-13)10-3-2-6-17-10/h2-8H,1H3. The maximum atomic E-state index is 12.4. The highest BCUT2D eigenvalue weighted by Crippen LogP contribution is 2.27. The summed E-state index contributed by atoms with van der Waals surface area (Å²) in [6.07, 6.45) is 5.22. The lowest BCUT2D eigenvalue weighted by Gasteiger charge is -1.97. The molecule has 0 aliphatic heterocycles.